The number of aliphatic hydroxyl groups excluding tert-OH is 1. The van der Waals surface area contributed by atoms with Gasteiger partial charge in [0, 0.05) is 25.4 Å². The molecule has 6 nitrogen and oxygen atoms in total. The Balaban J connectivity index is 1.86. The maximum Gasteiger partial charge on any atom is 0.254 e. The molecular weight excluding hydrogens is 309 g/mol. The quantitative estimate of drug-likeness (QED) is 0.752. The van der Waals surface area contributed by atoms with Crippen molar-refractivity contribution < 1.29 is 9.50 Å². The van der Waals surface area contributed by atoms with Crippen molar-refractivity contribution in [1.82, 2.24) is 19.6 Å². The lowest BCUT2D eigenvalue weighted by Crippen LogP contribution is -2.26. The molecule has 0 saturated heterocycles. The van der Waals surface area contributed by atoms with Crippen LogP contribution in [0.15, 0.2) is 36.7 Å². The van der Waals surface area contributed by atoms with Crippen LogP contribution in [0.3, 0.4) is 0 Å². The van der Waals surface area contributed by atoms with Crippen molar-refractivity contribution in [3.8, 4) is 0 Å². The molecule has 0 spiro atoms. The molecule has 0 aliphatic carbocycles. The first-order chi connectivity index (χ1) is 11.6. The highest BCUT2D eigenvalue weighted by Gasteiger charge is 2.16. The van der Waals surface area contributed by atoms with Crippen molar-refractivity contribution in [2.45, 2.75) is 25.9 Å². The molecule has 3 aromatic rings. The van der Waals surface area contributed by atoms with Crippen LogP contribution in [-0.4, -0.2) is 38.3 Å². The van der Waals surface area contributed by atoms with Crippen molar-refractivity contribution in [3.05, 3.63) is 53.7 Å². The Morgan fingerprint density at radius 2 is 2.04 bits per heavy atom. The summed E-state index contributed by atoms with van der Waals surface area (Å²) in [4.78, 5) is 10.5. The van der Waals surface area contributed by atoms with E-state index >= 15 is 0 Å². The van der Waals surface area contributed by atoms with E-state index in [1.165, 1.54) is 18.5 Å². The minimum absolute atomic E-state index is 0.318. The van der Waals surface area contributed by atoms with Gasteiger partial charge in [0.05, 0.1) is 6.10 Å². The van der Waals surface area contributed by atoms with Crippen LogP contribution in [0.5, 0.6) is 0 Å². The first kappa shape index (κ1) is 16.3. The number of aliphatic hydroxyl groups is 1. The molecule has 0 fully saturated rings. The van der Waals surface area contributed by atoms with Crippen LogP contribution in [0.4, 0.5) is 10.2 Å². The molecular formula is C17H20FN5O. The van der Waals surface area contributed by atoms with Crippen LogP contribution < -0.4 is 4.90 Å². The average Bonchev–Trinajstić information content (AvgIpc) is 3.03. The standard InChI is InChI=1S/C17H20FN5O/c1-3-4-14-9-16(23-17(21-14)19-11-20-23)22(2)10-15(24)12-5-7-13(18)8-6-12/h5-9,11,15,24H,3-4,10H2,1-2H3/t15-/m0/s1. The van der Waals surface area contributed by atoms with Crippen LogP contribution >= 0.6 is 0 Å². The van der Waals surface area contributed by atoms with Gasteiger partial charge in [-0.25, -0.2) is 9.37 Å². The summed E-state index contributed by atoms with van der Waals surface area (Å²) in [5, 5.41) is 14.6. The molecule has 0 unspecified atom stereocenters. The first-order valence-corrected chi connectivity index (χ1v) is 7.92. The molecule has 0 radical (unpaired) electrons. The lowest BCUT2D eigenvalue weighted by atomic mass is 10.1. The van der Waals surface area contributed by atoms with Gasteiger partial charge in [0.25, 0.3) is 5.78 Å². The molecule has 2 aromatic heterocycles. The van der Waals surface area contributed by atoms with E-state index in [9.17, 15) is 9.50 Å². The van der Waals surface area contributed by atoms with E-state index in [0.717, 1.165) is 24.4 Å². The summed E-state index contributed by atoms with van der Waals surface area (Å²) in [6.07, 6.45) is 2.56. The Labute approximate surface area is 139 Å². The smallest absolute Gasteiger partial charge is 0.254 e. The number of anilines is 1. The van der Waals surface area contributed by atoms with Crippen molar-refractivity contribution in [1.29, 1.82) is 0 Å². The molecule has 0 bridgehead atoms. The number of hydrogen-bond acceptors (Lipinski definition) is 5. The zero-order valence-electron chi connectivity index (χ0n) is 13.7. The zero-order chi connectivity index (χ0) is 17.1. The van der Waals surface area contributed by atoms with Crippen LogP contribution in [0.2, 0.25) is 0 Å². The number of hydrogen-bond donors (Lipinski definition) is 1. The fourth-order valence-corrected chi connectivity index (χ4v) is 2.64. The van der Waals surface area contributed by atoms with Gasteiger partial charge in [-0.15, -0.1) is 0 Å². The molecule has 0 aliphatic heterocycles. The van der Waals surface area contributed by atoms with Gasteiger partial charge < -0.3 is 10.0 Å². The van der Waals surface area contributed by atoms with E-state index < -0.39 is 6.10 Å². The van der Waals surface area contributed by atoms with Crippen LogP contribution in [0.1, 0.15) is 30.7 Å². The van der Waals surface area contributed by atoms with E-state index in [-0.39, 0.29) is 5.82 Å². The monoisotopic (exact) mass is 329 g/mol. The van der Waals surface area contributed by atoms with Crippen LogP contribution in [0, 0.1) is 5.82 Å². The highest BCUT2D eigenvalue weighted by Crippen LogP contribution is 2.20. The molecule has 0 amide bonds. The lowest BCUT2D eigenvalue weighted by molar-refractivity contribution is 0.184. The number of rotatable bonds is 6. The van der Waals surface area contributed by atoms with Crippen LogP contribution in [-0.2, 0) is 6.42 Å². The van der Waals surface area contributed by atoms with Gasteiger partial charge in [0.15, 0.2) is 0 Å². The van der Waals surface area contributed by atoms with Gasteiger partial charge in [0.2, 0.25) is 0 Å². The van der Waals surface area contributed by atoms with Gasteiger partial charge in [0.1, 0.15) is 18.0 Å². The molecule has 0 aliphatic rings. The summed E-state index contributed by atoms with van der Waals surface area (Å²) in [5.74, 6) is 1.03. The third-order valence-corrected chi connectivity index (χ3v) is 3.88. The van der Waals surface area contributed by atoms with Gasteiger partial charge in [-0.05, 0) is 24.1 Å². The Morgan fingerprint density at radius 1 is 1.29 bits per heavy atom. The van der Waals surface area contributed by atoms with Gasteiger partial charge in [-0.2, -0.15) is 14.6 Å². The summed E-state index contributed by atoms with van der Waals surface area (Å²) in [6, 6.07) is 7.84. The zero-order valence-corrected chi connectivity index (χ0v) is 13.7. The molecule has 24 heavy (non-hydrogen) atoms. The van der Waals surface area contributed by atoms with Crippen molar-refractivity contribution >= 4 is 11.6 Å². The maximum atomic E-state index is 13.0. The van der Waals surface area contributed by atoms with Gasteiger partial charge in [-0.1, -0.05) is 25.5 Å². The second-order valence-electron chi connectivity index (χ2n) is 5.78. The molecule has 1 N–H and O–H groups in total. The van der Waals surface area contributed by atoms with Crippen LogP contribution in [0.25, 0.3) is 5.78 Å². The number of aryl methyl sites for hydroxylation is 1. The van der Waals surface area contributed by atoms with E-state index in [4.69, 9.17) is 0 Å². The average molecular weight is 329 g/mol. The molecule has 1 aromatic carbocycles. The van der Waals surface area contributed by atoms with Crippen molar-refractivity contribution in [2.24, 2.45) is 0 Å². The minimum atomic E-state index is -0.739. The molecule has 0 saturated carbocycles. The Bertz CT molecular complexity index is 817. The lowest BCUT2D eigenvalue weighted by Gasteiger charge is -2.23. The summed E-state index contributed by atoms with van der Waals surface area (Å²) in [6.45, 7) is 2.44. The SMILES string of the molecule is CCCc1cc(N(C)C[C@H](O)c2ccc(F)cc2)n2ncnc2n1. The molecule has 3 rings (SSSR count). The second kappa shape index (κ2) is 6.92. The minimum Gasteiger partial charge on any atom is -0.387 e. The Morgan fingerprint density at radius 3 is 2.75 bits per heavy atom. The molecule has 2 heterocycles. The fraction of sp³-hybridized carbons (Fsp3) is 0.353. The summed E-state index contributed by atoms with van der Waals surface area (Å²) in [5.41, 5.74) is 1.61. The number of halogens is 1. The number of likely N-dealkylation sites (N-methyl/N-ethyl adjacent to an activating group) is 1. The topological polar surface area (TPSA) is 66.5 Å². The van der Waals surface area contributed by atoms with Gasteiger partial charge in [-0.3, -0.25) is 0 Å². The number of fused-ring (bicyclic) bond motifs is 1. The number of aromatic nitrogens is 4. The normalized spacial score (nSPS) is 12.5. The highest BCUT2D eigenvalue weighted by atomic mass is 19.1. The third-order valence-electron chi connectivity index (χ3n) is 3.88. The Kier molecular flexibility index (Phi) is 4.71. The van der Waals surface area contributed by atoms with E-state index in [1.807, 2.05) is 18.0 Å². The third kappa shape index (κ3) is 3.35. The molecule has 126 valence electrons. The fourth-order valence-electron chi connectivity index (χ4n) is 2.64. The van der Waals surface area contributed by atoms with Gasteiger partial charge >= 0.3 is 0 Å². The highest BCUT2D eigenvalue weighted by molar-refractivity contribution is 5.47. The maximum absolute atomic E-state index is 13.0. The first-order valence-electron chi connectivity index (χ1n) is 7.92. The number of nitrogens with zero attached hydrogens (tertiary/aromatic N) is 5. The van der Waals surface area contributed by atoms with E-state index in [1.54, 1.807) is 16.6 Å². The summed E-state index contributed by atoms with van der Waals surface area (Å²) in [7, 11) is 1.87. The summed E-state index contributed by atoms with van der Waals surface area (Å²) < 4.78 is 14.7. The predicted molar refractivity (Wildman–Crippen MR) is 89.4 cm³/mol. The predicted octanol–water partition coefficient (Wildman–Crippen LogP) is 2.39. The molecule has 7 heteroatoms. The largest absolute Gasteiger partial charge is 0.387 e. The van der Waals surface area contributed by atoms with E-state index in [0.29, 0.717) is 17.9 Å². The van der Waals surface area contributed by atoms with E-state index in [2.05, 4.69) is 22.0 Å². The Hall–Kier alpha value is -2.54. The number of benzene rings is 1. The van der Waals surface area contributed by atoms with Crippen molar-refractivity contribution in [2.75, 3.05) is 18.5 Å². The second-order valence-corrected chi connectivity index (χ2v) is 5.78. The van der Waals surface area contributed by atoms with Crippen molar-refractivity contribution in [3.63, 3.8) is 0 Å². The summed E-state index contributed by atoms with van der Waals surface area (Å²) >= 11 is 0. The molecule has 1 atom stereocenters.